The van der Waals surface area contributed by atoms with E-state index in [-0.39, 0.29) is 42.5 Å². The minimum Gasteiger partial charge on any atom is -0.512 e. The van der Waals surface area contributed by atoms with Crippen LogP contribution in [0.1, 0.15) is 67.9 Å². The number of allylic oxidation sites excluding steroid dienone is 2. The molecular formula is C39H48IrNO2SSi-. The van der Waals surface area contributed by atoms with Crippen molar-refractivity contribution in [2.75, 3.05) is 0 Å². The van der Waals surface area contributed by atoms with Crippen LogP contribution in [0.4, 0.5) is 0 Å². The molecule has 1 N–H and O–H groups in total. The van der Waals surface area contributed by atoms with E-state index in [1.54, 1.807) is 0 Å². The fraction of sp³-hybridized carbons (Fsp3) is 0.385. The number of carbonyl (C=O) groups excluding carboxylic acids is 1. The normalized spacial score (nSPS) is 13.0. The molecule has 2 heterocycles. The van der Waals surface area contributed by atoms with Crippen molar-refractivity contribution in [1.82, 2.24) is 4.98 Å². The molecule has 0 saturated heterocycles. The van der Waals surface area contributed by atoms with E-state index in [4.69, 9.17) is 4.98 Å². The number of hydrogen-bond donors (Lipinski definition) is 1. The van der Waals surface area contributed by atoms with E-state index >= 15 is 0 Å². The molecular weight excluding hydrogens is 767 g/mol. The molecule has 1 radical (unpaired) electrons. The van der Waals surface area contributed by atoms with Crippen LogP contribution in [0, 0.1) is 16.9 Å². The number of hydrogen-bond acceptors (Lipinski definition) is 4. The van der Waals surface area contributed by atoms with Gasteiger partial charge in [-0.05, 0) is 28.3 Å². The largest absolute Gasteiger partial charge is 0.512 e. The molecule has 0 spiro atoms. The van der Waals surface area contributed by atoms with Crippen LogP contribution in [0.25, 0.3) is 42.2 Å². The van der Waals surface area contributed by atoms with Gasteiger partial charge in [0.15, 0.2) is 5.78 Å². The second kappa shape index (κ2) is 13.2. The van der Waals surface area contributed by atoms with Crippen molar-refractivity contribution in [2.24, 2.45) is 10.8 Å². The van der Waals surface area contributed by atoms with Crippen molar-refractivity contribution in [3.63, 3.8) is 0 Å². The van der Waals surface area contributed by atoms with Gasteiger partial charge < -0.3 is 5.11 Å². The molecule has 0 unspecified atom stereocenters. The Morgan fingerprint density at radius 1 is 0.844 bits per heavy atom. The standard InChI is InChI=1S/C28H28NSSi.C11H20O2.Ir/c1-28(2,3)23-16-19(15-18-9-7-8-10-21(18)23)27-26-22-12-11-20(31(4,5)6)17-25(22)30-24(26)13-14-29-27;1-10(2,3)8(12)7-9(13)11(4,5)6;/h7-14,16-17H,1-6H3;7,12H,1-6H3;/q-1;;/b;8-7-;. The zero-order valence-corrected chi connectivity index (χ0v) is 33.1. The number of benzene rings is 3. The van der Waals surface area contributed by atoms with Crippen LogP contribution in [-0.2, 0) is 30.3 Å². The zero-order valence-electron chi connectivity index (χ0n) is 28.9. The third kappa shape index (κ3) is 8.40. The Balaban J connectivity index is 0.000000338. The van der Waals surface area contributed by atoms with Crippen LogP contribution in [0.15, 0.2) is 72.6 Å². The molecule has 0 saturated carbocycles. The number of ketones is 1. The summed E-state index contributed by atoms with van der Waals surface area (Å²) in [5.41, 5.74) is 2.75. The first-order valence-electron chi connectivity index (χ1n) is 15.4. The number of aromatic nitrogens is 1. The maximum absolute atomic E-state index is 11.5. The van der Waals surface area contributed by atoms with E-state index < -0.39 is 13.5 Å². The fourth-order valence-corrected chi connectivity index (χ4v) is 7.33. The Morgan fingerprint density at radius 3 is 2.07 bits per heavy atom. The van der Waals surface area contributed by atoms with Crippen molar-refractivity contribution in [3.8, 4) is 11.3 Å². The summed E-state index contributed by atoms with van der Waals surface area (Å²) in [4.78, 5) is 16.4. The van der Waals surface area contributed by atoms with E-state index in [2.05, 4.69) is 101 Å². The van der Waals surface area contributed by atoms with Gasteiger partial charge in [-0.1, -0.05) is 128 Å². The number of pyridine rings is 1. The number of carbonyl (C=O) groups is 1. The van der Waals surface area contributed by atoms with Gasteiger partial charge in [-0.3, -0.25) is 9.78 Å². The topological polar surface area (TPSA) is 50.2 Å². The first-order valence-corrected chi connectivity index (χ1v) is 19.7. The number of nitrogens with zero attached hydrogens (tertiary/aromatic N) is 1. The molecule has 45 heavy (non-hydrogen) atoms. The molecule has 0 amide bonds. The second-order valence-electron chi connectivity index (χ2n) is 15.9. The summed E-state index contributed by atoms with van der Waals surface area (Å²) >= 11 is 1.88. The van der Waals surface area contributed by atoms with Gasteiger partial charge in [0.05, 0.1) is 8.07 Å². The fourth-order valence-electron chi connectivity index (χ4n) is 4.93. The smallest absolute Gasteiger partial charge is 0.164 e. The van der Waals surface area contributed by atoms with Crippen LogP contribution in [0.2, 0.25) is 19.6 Å². The van der Waals surface area contributed by atoms with Gasteiger partial charge >= 0.3 is 0 Å². The van der Waals surface area contributed by atoms with Crippen molar-refractivity contribution in [1.29, 1.82) is 0 Å². The van der Waals surface area contributed by atoms with Gasteiger partial charge in [0, 0.05) is 58.3 Å². The van der Waals surface area contributed by atoms with Crippen LogP contribution < -0.4 is 5.19 Å². The summed E-state index contributed by atoms with van der Waals surface area (Å²) in [5.74, 6) is 0.104. The Kier molecular flexibility index (Phi) is 10.8. The number of fused-ring (bicyclic) bond motifs is 4. The van der Waals surface area contributed by atoms with Crippen LogP contribution >= 0.6 is 11.3 Å². The summed E-state index contributed by atoms with van der Waals surface area (Å²) in [5, 5.41) is 16.1. The van der Waals surface area contributed by atoms with Gasteiger partial charge in [0.1, 0.15) is 5.76 Å². The van der Waals surface area contributed by atoms with E-state index in [1.807, 2.05) is 59.1 Å². The van der Waals surface area contributed by atoms with Crippen LogP contribution in [-0.4, -0.2) is 23.9 Å². The Bertz CT molecular complexity index is 1880. The number of aliphatic hydroxyl groups is 1. The maximum Gasteiger partial charge on any atom is 0.164 e. The molecule has 5 rings (SSSR count). The molecule has 241 valence electrons. The molecule has 0 aliphatic carbocycles. The Hall–Kier alpha value is -2.63. The van der Waals surface area contributed by atoms with Crippen molar-refractivity contribution < 1.29 is 30.0 Å². The maximum atomic E-state index is 11.5. The van der Waals surface area contributed by atoms with E-state index in [1.165, 1.54) is 42.4 Å². The van der Waals surface area contributed by atoms with E-state index in [9.17, 15) is 9.90 Å². The SMILES string of the molecule is CC(C)(C)C(=O)/C=C(\O)C(C)(C)C.CC(C)(C)c1cc(-c2nccc3sc4cc([Si](C)(C)C)ccc4c23)[c-]c2ccccc12.[Ir]. The Morgan fingerprint density at radius 2 is 1.49 bits per heavy atom. The number of aliphatic hydroxyl groups excluding tert-OH is 1. The molecule has 2 aromatic heterocycles. The molecule has 3 aromatic carbocycles. The van der Waals surface area contributed by atoms with Gasteiger partial charge in [-0.15, -0.1) is 40.5 Å². The van der Waals surface area contributed by atoms with Gasteiger partial charge in [0.25, 0.3) is 0 Å². The van der Waals surface area contributed by atoms with Gasteiger partial charge in [-0.2, -0.15) is 0 Å². The van der Waals surface area contributed by atoms with Crippen molar-refractivity contribution >= 4 is 61.3 Å². The molecule has 0 bridgehead atoms. The molecule has 0 fully saturated rings. The van der Waals surface area contributed by atoms with Crippen LogP contribution in [0.5, 0.6) is 0 Å². The zero-order chi connectivity index (χ0) is 32.8. The van der Waals surface area contributed by atoms with Gasteiger partial charge in [-0.25, -0.2) is 0 Å². The van der Waals surface area contributed by atoms with Crippen molar-refractivity contribution in [3.05, 3.63) is 84.3 Å². The molecule has 0 aliphatic rings. The molecule has 3 nitrogen and oxygen atoms in total. The monoisotopic (exact) mass is 815 g/mol. The average molecular weight is 815 g/mol. The molecule has 0 atom stereocenters. The molecule has 6 heteroatoms. The summed E-state index contributed by atoms with van der Waals surface area (Å²) in [7, 11) is -1.35. The summed E-state index contributed by atoms with van der Waals surface area (Å²) in [6, 6.07) is 23.8. The quantitative estimate of drug-likeness (QED) is 0.0854. The number of thiophene rings is 1. The third-order valence-electron chi connectivity index (χ3n) is 7.86. The van der Waals surface area contributed by atoms with Gasteiger partial charge in [0.2, 0.25) is 0 Å². The van der Waals surface area contributed by atoms with E-state index in [0.717, 1.165) is 16.6 Å². The number of rotatable bonds is 3. The Labute approximate surface area is 288 Å². The van der Waals surface area contributed by atoms with Crippen molar-refractivity contribution in [2.45, 2.75) is 87.4 Å². The summed E-state index contributed by atoms with van der Waals surface area (Å²) in [6.45, 7) is 25.2. The average Bonchev–Trinajstić information content (AvgIpc) is 3.29. The first-order chi connectivity index (χ1) is 20.2. The second-order valence-corrected chi connectivity index (χ2v) is 22.0. The minimum absolute atomic E-state index is 0. The first kappa shape index (κ1) is 36.8. The molecule has 0 aliphatic heterocycles. The third-order valence-corrected chi connectivity index (χ3v) is 11.0. The minimum atomic E-state index is -1.35. The van der Waals surface area contributed by atoms with Crippen LogP contribution in [0.3, 0.4) is 0 Å². The summed E-state index contributed by atoms with van der Waals surface area (Å²) < 4.78 is 2.66. The predicted molar refractivity (Wildman–Crippen MR) is 195 cm³/mol. The predicted octanol–water partition coefficient (Wildman–Crippen LogP) is 11.0. The summed E-state index contributed by atoms with van der Waals surface area (Å²) in [6.07, 6.45) is 3.28. The van der Waals surface area contributed by atoms with E-state index in [0.29, 0.717) is 0 Å². The molecule has 5 aromatic rings.